The Bertz CT molecular complexity index is 271. The van der Waals surface area contributed by atoms with Crippen molar-refractivity contribution < 1.29 is 4.74 Å². The van der Waals surface area contributed by atoms with Gasteiger partial charge in [0.25, 0.3) is 0 Å². The Morgan fingerprint density at radius 2 is 2.00 bits per heavy atom. The Morgan fingerprint density at radius 1 is 1.24 bits per heavy atom. The summed E-state index contributed by atoms with van der Waals surface area (Å²) in [5.41, 5.74) is 0. The lowest BCUT2D eigenvalue weighted by molar-refractivity contribution is 0.128. The van der Waals surface area contributed by atoms with E-state index in [2.05, 4.69) is 36.1 Å². The number of nitrogens with one attached hydrogen (secondary N) is 1. The molecule has 0 aliphatic carbocycles. The van der Waals surface area contributed by atoms with Crippen molar-refractivity contribution in [2.24, 2.45) is 11.8 Å². The first-order chi connectivity index (χ1) is 10.2. The lowest BCUT2D eigenvalue weighted by Gasteiger charge is -2.36. The molecule has 1 N–H and O–H groups in total. The zero-order chi connectivity index (χ0) is 15.1. The molecule has 0 aromatic rings. The van der Waals surface area contributed by atoms with Gasteiger partial charge in [-0.1, -0.05) is 6.92 Å². The molecule has 4 heteroatoms. The summed E-state index contributed by atoms with van der Waals surface area (Å²) in [4.78, 5) is 5.01. The summed E-state index contributed by atoms with van der Waals surface area (Å²) < 4.78 is 5.60. The lowest BCUT2D eigenvalue weighted by atomic mass is 9.94. The highest BCUT2D eigenvalue weighted by atomic mass is 16.5. The second kappa shape index (κ2) is 9.09. The van der Waals surface area contributed by atoms with Crippen molar-refractivity contribution in [2.45, 2.75) is 38.6 Å². The molecule has 0 bridgehead atoms. The van der Waals surface area contributed by atoms with Crippen LogP contribution in [-0.4, -0.2) is 75.9 Å². The molecular weight excluding hydrogens is 262 g/mol. The minimum Gasteiger partial charge on any atom is -0.381 e. The number of hydrogen-bond donors (Lipinski definition) is 1. The van der Waals surface area contributed by atoms with E-state index in [1.807, 2.05) is 0 Å². The molecule has 2 aliphatic heterocycles. The molecule has 2 heterocycles. The molecule has 2 atom stereocenters. The Kier molecular flexibility index (Phi) is 7.44. The van der Waals surface area contributed by atoms with Crippen LogP contribution in [0, 0.1) is 11.8 Å². The highest BCUT2D eigenvalue weighted by Crippen LogP contribution is 2.21. The van der Waals surface area contributed by atoms with Crippen LogP contribution in [-0.2, 0) is 4.74 Å². The summed E-state index contributed by atoms with van der Waals surface area (Å²) in [7, 11) is 4.38. The summed E-state index contributed by atoms with van der Waals surface area (Å²) >= 11 is 0. The van der Waals surface area contributed by atoms with Gasteiger partial charge in [-0.05, 0) is 65.3 Å². The molecule has 2 unspecified atom stereocenters. The van der Waals surface area contributed by atoms with Crippen LogP contribution in [0.1, 0.15) is 32.6 Å². The summed E-state index contributed by atoms with van der Waals surface area (Å²) in [6.45, 7) is 10.3. The van der Waals surface area contributed by atoms with Gasteiger partial charge in [0.1, 0.15) is 0 Å². The molecule has 0 aromatic heterocycles. The highest BCUT2D eigenvalue weighted by Gasteiger charge is 2.28. The van der Waals surface area contributed by atoms with Crippen molar-refractivity contribution in [1.82, 2.24) is 15.1 Å². The Morgan fingerprint density at radius 3 is 2.57 bits per heavy atom. The van der Waals surface area contributed by atoms with E-state index in [0.29, 0.717) is 6.04 Å². The highest BCUT2D eigenvalue weighted by molar-refractivity contribution is 4.84. The van der Waals surface area contributed by atoms with E-state index in [4.69, 9.17) is 4.74 Å². The van der Waals surface area contributed by atoms with Crippen molar-refractivity contribution in [3.8, 4) is 0 Å². The average Bonchev–Trinajstić information content (AvgIpc) is 2.99. The fourth-order valence-corrected chi connectivity index (χ4v) is 3.73. The molecule has 2 fully saturated rings. The molecular formula is C17H35N3O. The fraction of sp³-hybridized carbons (Fsp3) is 1.00. The van der Waals surface area contributed by atoms with Crippen molar-refractivity contribution >= 4 is 0 Å². The first-order valence-electron chi connectivity index (χ1n) is 8.87. The van der Waals surface area contributed by atoms with Gasteiger partial charge in [0.15, 0.2) is 0 Å². The van der Waals surface area contributed by atoms with Crippen LogP contribution >= 0.6 is 0 Å². The monoisotopic (exact) mass is 297 g/mol. The average molecular weight is 297 g/mol. The van der Waals surface area contributed by atoms with Crippen LogP contribution in [0.25, 0.3) is 0 Å². The second-order valence-electron chi connectivity index (χ2n) is 7.19. The Hall–Kier alpha value is -0.160. The third-order valence-corrected chi connectivity index (χ3v) is 4.98. The molecule has 124 valence electrons. The Balaban J connectivity index is 1.75. The number of nitrogens with zero attached hydrogens (tertiary/aromatic N) is 2. The van der Waals surface area contributed by atoms with Gasteiger partial charge in [0, 0.05) is 31.7 Å². The van der Waals surface area contributed by atoms with Crippen molar-refractivity contribution in [3.05, 3.63) is 0 Å². The summed E-state index contributed by atoms with van der Waals surface area (Å²) in [6.07, 6.45) is 5.17. The third-order valence-electron chi connectivity index (χ3n) is 4.98. The van der Waals surface area contributed by atoms with Gasteiger partial charge in [-0.2, -0.15) is 0 Å². The zero-order valence-corrected chi connectivity index (χ0v) is 14.3. The number of rotatable bonds is 8. The molecule has 0 aromatic carbocycles. The first-order valence-corrected chi connectivity index (χ1v) is 8.87. The first kappa shape index (κ1) is 17.2. The van der Waals surface area contributed by atoms with Crippen molar-refractivity contribution in [2.75, 3.05) is 60.0 Å². The van der Waals surface area contributed by atoms with Gasteiger partial charge in [0.05, 0.1) is 6.61 Å². The molecule has 0 radical (unpaired) electrons. The second-order valence-corrected chi connectivity index (χ2v) is 7.19. The quantitative estimate of drug-likeness (QED) is 0.737. The number of likely N-dealkylation sites (tertiary alicyclic amines) is 1. The summed E-state index contributed by atoms with van der Waals surface area (Å²) in [6, 6.07) is 0.623. The minimum atomic E-state index is 0.623. The molecule has 2 aliphatic rings. The van der Waals surface area contributed by atoms with Crippen molar-refractivity contribution in [3.63, 3.8) is 0 Å². The molecule has 4 nitrogen and oxygen atoms in total. The van der Waals surface area contributed by atoms with E-state index < -0.39 is 0 Å². The molecule has 0 saturated carbocycles. The van der Waals surface area contributed by atoms with Crippen LogP contribution in [0.15, 0.2) is 0 Å². The summed E-state index contributed by atoms with van der Waals surface area (Å²) in [5, 5.41) is 3.77. The van der Waals surface area contributed by atoms with Gasteiger partial charge < -0.3 is 19.9 Å². The maximum atomic E-state index is 5.60. The number of piperidine rings is 1. The maximum absolute atomic E-state index is 5.60. The molecule has 2 saturated heterocycles. The van der Waals surface area contributed by atoms with Gasteiger partial charge in [-0.3, -0.25) is 0 Å². The predicted octanol–water partition coefficient (Wildman–Crippen LogP) is 1.66. The van der Waals surface area contributed by atoms with Crippen LogP contribution in [0.2, 0.25) is 0 Å². The van der Waals surface area contributed by atoms with E-state index in [0.717, 1.165) is 31.6 Å². The van der Waals surface area contributed by atoms with Crippen LogP contribution < -0.4 is 5.32 Å². The molecule has 0 spiro atoms. The van der Waals surface area contributed by atoms with E-state index in [1.54, 1.807) is 0 Å². The van der Waals surface area contributed by atoms with Crippen LogP contribution in [0.5, 0.6) is 0 Å². The zero-order valence-electron chi connectivity index (χ0n) is 14.3. The smallest absolute Gasteiger partial charge is 0.0510 e. The van der Waals surface area contributed by atoms with E-state index in [9.17, 15) is 0 Å². The van der Waals surface area contributed by atoms with Crippen LogP contribution in [0.3, 0.4) is 0 Å². The Labute approximate surface area is 131 Å². The fourth-order valence-electron chi connectivity index (χ4n) is 3.73. The van der Waals surface area contributed by atoms with E-state index in [-0.39, 0.29) is 0 Å². The van der Waals surface area contributed by atoms with Crippen molar-refractivity contribution in [1.29, 1.82) is 0 Å². The van der Waals surface area contributed by atoms with Crippen LogP contribution in [0.4, 0.5) is 0 Å². The number of ether oxygens (including phenoxy) is 1. The predicted molar refractivity (Wildman–Crippen MR) is 88.7 cm³/mol. The molecule has 2 rings (SSSR count). The molecule has 21 heavy (non-hydrogen) atoms. The number of hydrogen-bond acceptors (Lipinski definition) is 4. The van der Waals surface area contributed by atoms with Gasteiger partial charge in [0.2, 0.25) is 0 Å². The van der Waals surface area contributed by atoms with Gasteiger partial charge in [-0.15, -0.1) is 0 Å². The normalized spacial score (nSPS) is 26.6. The van der Waals surface area contributed by atoms with E-state index >= 15 is 0 Å². The topological polar surface area (TPSA) is 27.7 Å². The minimum absolute atomic E-state index is 0.623. The third kappa shape index (κ3) is 5.85. The maximum Gasteiger partial charge on any atom is 0.0510 e. The van der Waals surface area contributed by atoms with E-state index in [1.165, 1.54) is 51.9 Å². The van der Waals surface area contributed by atoms with Gasteiger partial charge in [-0.25, -0.2) is 0 Å². The SMILES string of the molecule is CCCNC(CN1CCC(CN(C)C)CC1)C1CCOC1. The standard InChI is InChI=1S/C17H35N3O/c1-4-8-18-17(16-7-11-21-14-16)13-20-9-5-15(6-10-20)12-19(2)3/h15-18H,4-14H2,1-3H3. The summed E-state index contributed by atoms with van der Waals surface area (Å²) in [5.74, 6) is 1.61. The molecule has 0 amide bonds. The van der Waals surface area contributed by atoms with Gasteiger partial charge >= 0.3 is 0 Å². The lowest BCUT2D eigenvalue weighted by Crippen LogP contribution is -2.48. The largest absolute Gasteiger partial charge is 0.381 e.